The van der Waals surface area contributed by atoms with Crippen LogP contribution in [0.4, 0.5) is 0 Å². The monoisotopic (exact) mass is 316 g/mol. The van der Waals surface area contributed by atoms with Crippen LogP contribution in [0.1, 0.15) is 30.7 Å². The van der Waals surface area contributed by atoms with Crippen LogP contribution < -0.4 is 0 Å². The maximum Gasteiger partial charge on any atom is 0.0677 e. The second kappa shape index (κ2) is 7.56. The van der Waals surface area contributed by atoms with E-state index >= 15 is 0 Å². The van der Waals surface area contributed by atoms with Crippen LogP contribution in [0.2, 0.25) is 0 Å². The van der Waals surface area contributed by atoms with Crippen molar-refractivity contribution < 1.29 is 9.47 Å². The Morgan fingerprint density at radius 1 is 1.52 bits per heavy atom. The average molecular weight is 316 g/mol. The van der Waals surface area contributed by atoms with Crippen LogP contribution in [0.5, 0.6) is 0 Å². The van der Waals surface area contributed by atoms with Gasteiger partial charge in [-0.15, -0.1) is 6.58 Å². The fourth-order valence-corrected chi connectivity index (χ4v) is 3.99. The molecule has 2 aliphatic heterocycles. The largest absolute Gasteiger partial charge is 0.377 e. The summed E-state index contributed by atoms with van der Waals surface area (Å²) in [5.41, 5.74) is 2.37. The topological polar surface area (TPSA) is 34.6 Å². The molecule has 2 saturated heterocycles. The number of nitrogens with zero attached hydrogens (tertiary/aromatic N) is 2. The molecule has 4 heteroatoms. The minimum Gasteiger partial charge on any atom is -0.377 e. The van der Waals surface area contributed by atoms with Gasteiger partial charge >= 0.3 is 0 Å². The standard InChI is InChI=1S/C19H28N2O2/c1-3-11-22-15-19-9-5-12-23-18(19)8-10-21(14-19)13-17-7-4-6-16(2)20-17/h3-4,6-7,18H,1,5,8-15H2,2H3/t18-,19-/m0/s1. The summed E-state index contributed by atoms with van der Waals surface area (Å²) in [4.78, 5) is 7.17. The lowest BCUT2D eigenvalue weighted by molar-refractivity contribution is -0.152. The van der Waals surface area contributed by atoms with E-state index in [1.165, 1.54) is 6.42 Å². The normalized spacial score (nSPS) is 28.3. The van der Waals surface area contributed by atoms with E-state index in [4.69, 9.17) is 9.47 Å². The number of hydrogen-bond acceptors (Lipinski definition) is 4. The Morgan fingerprint density at radius 3 is 3.26 bits per heavy atom. The molecule has 23 heavy (non-hydrogen) atoms. The van der Waals surface area contributed by atoms with Crippen molar-refractivity contribution in [3.63, 3.8) is 0 Å². The van der Waals surface area contributed by atoms with Gasteiger partial charge in [0.05, 0.1) is 25.0 Å². The lowest BCUT2D eigenvalue weighted by Crippen LogP contribution is -2.56. The Hall–Kier alpha value is -1.23. The summed E-state index contributed by atoms with van der Waals surface area (Å²) in [5.74, 6) is 0. The SMILES string of the molecule is C=CCOC[C@@]12CCCO[C@H]1CCN(Cc1cccc(C)n1)C2. The first-order valence-electron chi connectivity index (χ1n) is 8.67. The van der Waals surface area contributed by atoms with Gasteiger partial charge in [-0.05, 0) is 38.3 Å². The van der Waals surface area contributed by atoms with E-state index in [-0.39, 0.29) is 5.41 Å². The molecule has 0 N–H and O–H groups in total. The molecule has 1 aromatic heterocycles. The Morgan fingerprint density at radius 2 is 2.43 bits per heavy atom. The van der Waals surface area contributed by atoms with Crippen molar-refractivity contribution in [1.29, 1.82) is 0 Å². The van der Waals surface area contributed by atoms with E-state index in [0.29, 0.717) is 12.7 Å². The summed E-state index contributed by atoms with van der Waals surface area (Å²) >= 11 is 0. The molecule has 2 atom stereocenters. The third-order valence-electron chi connectivity index (χ3n) is 5.02. The van der Waals surface area contributed by atoms with Crippen molar-refractivity contribution >= 4 is 0 Å². The molecule has 1 aromatic rings. The average Bonchev–Trinajstić information content (AvgIpc) is 2.55. The second-order valence-electron chi connectivity index (χ2n) is 6.90. The molecule has 0 amide bonds. The van der Waals surface area contributed by atoms with E-state index in [2.05, 4.69) is 41.6 Å². The van der Waals surface area contributed by atoms with E-state index in [9.17, 15) is 0 Å². The molecule has 3 rings (SSSR count). The highest BCUT2D eigenvalue weighted by atomic mass is 16.5. The number of ether oxygens (including phenoxy) is 2. The highest BCUT2D eigenvalue weighted by Gasteiger charge is 2.46. The van der Waals surface area contributed by atoms with Gasteiger partial charge < -0.3 is 9.47 Å². The van der Waals surface area contributed by atoms with Crippen molar-refractivity contribution in [2.24, 2.45) is 5.41 Å². The van der Waals surface area contributed by atoms with Gasteiger partial charge in [-0.2, -0.15) is 0 Å². The molecule has 0 unspecified atom stereocenters. The van der Waals surface area contributed by atoms with Crippen LogP contribution >= 0.6 is 0 Å². The summed E-state index contributed by atoms with van der Waals surface area (Å²) in [6.07, 6.45) is 5.56. The number of pyridine rings is 1. The van der Waals surface area contributed by atoms with Crippen LogP contribution in [-0.4, -0.2) is 48.9 Å². The maximum atomic E-state index is 6.09. The lowest BCUT2D eigenvalue weighted by Gasteiger charge is -2.50. The number of aromatic nitrogens is 1. The van der Waals surface area contributed by atoms with E-state index in [1.807, 2.05) is 6.08 Å². The van der Waals surface area contributed by atoms with Crippen molar-refractivity contribution in [1.82, 2.24) is 9.88 Å². The van der Waals surface area contributed by atoms with Crippen molar-refractivity contribution in [3.8, 4) is 0 Å². The fraction of sp³-hybridized carbons (Fsp3) is 0.632. The minimum atomic E-state index is 0.128. The molecule has 0 aromatic carbocycles. The second-order valence-corrected chi connectivity index (χ2v) is 6.90. The van der Waals surface area contributed by atoms with Gasteiger partial charge in [0.1, 0.15) is 0 Å². The predicted octanol–water partition coefficient (Wildman–Crippen LogP) is 2.96. The van der Waals surface area contributed by atoms with Crippen molar-refractivity contribution in [2.45, 2.75) is 38.8 Å². The van der Waals surface area contributed by atoms with Crippen LogP contribution in [-0.2, 0) is 16.0 Å². The van der Waals surface area contributed by atoms with E-state index in [1.54, 1.807) is 0 Å². The molecule has 0 radical (unpaired) electrons. The zero-order valence-corrected chi connectivity index (χ0v) is 14.2. The molecule has 2 fully saturated rings. The van der Waals surface area contributed by atoms with E-state index in [0.717, 1.165) is 57.1 Å². The number of aryl methyl sites for hydroxylation is 1. The Labute approximate surface area is 139 Å². The minimum absolute atomic E-state index is 0.128. The lowest BCUT2D eigenvalue weighted by atomic mass is 9.73. The predicted molar refractivity (Wildman–Crippen MR) is 91.3 cm³/mol. The van der Waals surface area contributed by atoms with Crippen molar-refractivity contribution in [2.75, 3.05) is 32.9 Å². The molecule has 4 nitrogen and oxygen atoms in total. The summed E-state index contributed by atoms with van der Waals surface area (Å²) in [6.45, 7) is 11.1. The molecule has 0 aliphatic carbocycles. The smallest absolute Gasteiger partial charge is 0.0677 e. The number of fused-ring (bicyclic) bond motifs is 1. The molecule has 126 valence electrons. The number of piperidine rings is 1. The van der Waals surface area contributed by atoms with Crippen LogP contribution in [0.25, 0.3) is 0 Å². The van der Waals surface area contributed by atoms with Gasteiger partial charge in [0.2, 0.25) is 0 Å². The highest BCUT2D eigenvalue weighted by Crippen LogP contribution is 2.40. The van der Waals surface area contributed by atoms with Gasteiger partial charge in [0, 0.05) is 37.4 Å². The van der Waals surface area contributed by atoms with Crippen LogP contribution in [0.3, 0.4) is 0 Å². The van der Waals surface area contributed by atoms with E-state index < -0.39 is 0 Å². The number of likely N-dealkylation sites (tertiary alicyclic amines) is 1. The van der Waals surface area contributed by atoms with Gasteiger partial charge in [0.15, 0.2) is 0 Å². The Bertz CT molecular complexity index is 534. The summed E-state index contributed by atoms with van der Waals surface area (Å²) in [7, 11) is 0. The van der Waals surface area contributed by atoms with Gasteiger partial charge in [0.25, 0.3) is 0 Å². The fourth-order valence-electron chi connectivity index (χ4n) is 3.99. The zero-order chi connectivity index (χ0) is 16.1. The number of hydrogen-bond donors (Lipinski definition) is 0. The first kappa shape index (κ1) is 16.6. The van der Waals surface area contributed by atoms with Gasteiger partial charge in [-0.1, -0.05) is 12.1 Å². The molecule has 3 heterocycles. The first-order chi connectivity index (χ1) is 11.2. The first-order valence-corrected chi connectivity index (χ1v) is 8.67. The van der Waals surface area contributed by atoms with Crippen molar-refractivity contribution in [3.05, 3.63) is 42.2 Å². The molecular formula is C19H28N2O2. The summed E-state index contributed by atoms with van der Waals surface area (Å²) < 4.78 is 11.9. The zero-order valence-electron chi connectivity index (χ0n) is 14.2. The number of rotatable bonds is 6. The Balaban J connectivity index is 1.68. The quantitative estimate of drug-likeness (QED) is 0.597. The summed E-state index contributed by atoms with van der Waals surface area (Å²) in [5, 5.41) is 0. The molecule has 2 aliphatic rings. The van der Waals surface area contributed by atoms with Gasteiger partial charge in [-0.25, -0.2) is 0 Å². The molecule has 0 saturated carbocycles. The Kier molecular flexibility index (Phi) is 5.46. The highest BCUT2D eigenvalue weighted by molar-refractivity contribution is 5.10. The van der Waals surface area contributed by atoms with Crippen LogP contribution in [0, 0.1) is 12.3 Å². The third-order valence-corrected chi connectivity index (χ3v) is 5.02. The third kappa shape index (κ3) is 4.00. The van der Waals surface area contributed by atoms with Gasteiger partial charge in [-0.3, -0.25) is 9.88 Å². The van der Waals surface area contributed by atoms with Crippen LogP contribution in [0.15, 0.2) is 30.9 Å². The molecular weight excluding hydrogens is 288 g/mol. The molecule has 0 spiro atoms. The summed E-state index contributed by atoms with van der Waals surface area (Å²) in [6, 6.07) is 6.27. The maximum absolute atomic E-state index is 6.09. The molecule has 0 bridgehead atoms.